The molecule has 0 radical (unpaired) electrons. The van der Waals surface area contributed by atoms with Crippen LogP contribution in [0.2, 0.25) is 0 Å². The molecule has 0 spiro atoms. The molecule has 0 aromatic heterocycles. The summed E-state index contributed by atoms with van der Waals surface area (Å²) in [5.41, 5.74) is 1.48. The van der Waals surface area contributed by atoms with Gasteiger partial charge in [0.1, 0.15) is 11.9 Å². The number of unbranched alkanes of at least 4 members (excludes halogenated alkanes) is 1. The molecule has 0 saturated carbocycles. The Kier molecular flexibility index (Phi) is 14.4. The fraction of sp³-hybridized carbons (Fsp3) is 0.562. The largest absolute Gasteiger partial charge is 0.469 e. The van der Waals surface area contributed by atoms with Crippen molar-refractivity contribution in [2.45, 2.75) is 82.8 Å². The molecule has 1 aliphatic heterocycles. The quantitative estimate of drug-likeness (QED) is 0.159. The van der Waals surface area contributed by atoms with Gasteiger partial charge in [-0.3, -0.25) is 14.1 Å². The summed E-state index contributed by atoms with van der Waals surface area (Å²) in [7, 11) is -9.30. The minimum atomic E-state index is -5.12. The Balaban J connectivity index is 1.92. The van der Waals surface area contributed by atoms with Crippen LogP contribution in [0.15, 0.2) is 59.5 Å². The van der Waals surface area contributed by atoms with Gasteiger partial charge < -0.3 is 19.3 Å². The van der Waals surface area contributed by atoms with E-state index in [-0.39, 0.29) is 49.0 Å². The van der Waals surface area contributed by atoms with Crippen molar-refractivity contribution in [1.82, 2.24) is 4.31 Å². The number of hydrogen-bond donors (Lipinski definition) is 2. The number of nitrogens with zero attached hydrogens (tertiary/aromatic N) is 1. The highest BCUT2D eigenvalue weighted by Crippen LogP contribution is 2.41. The van der Waals surface area contributed by atoms with Crippen LogP contribution in [0.25, 0.3) is 0 Å². The summed E-state index contributed by atoms with van der Waals surface area (Å²) in [4.78, 5) is 45.0. The third-order valence-electron chi connectivity index (χ3n) is 7.48. The molecule has 250 valence electrons. The Morgan fingerprint density at radius 1 is 1.04 bits per heavy atom. The Bertz CT molecular complexity index is 1370. The van der Waals surface area contributed by atoms with Gasteiger partial charge in [-0.15, -0.1) is 0 Å². The first-order valence-electron chi connectivity index (χ1n) is 15.4. The number of ether oxygens (including phenoxy) is 2. The van der Waals surface area contributed by atoms with Crippen LogP contribution in [0.4, 0.5) is 0 Å². The van der Waals surface area contributed by atoms with E-state index in [1.165, 1.54) is 12.1 Å². The van der Waals surface area contributed by atoms with Crippen LogP contribution in [0.3, 0.4) is 0 Å². The maximum absolute atomic E-state index is 14.0. The number of carbonyl (C=O) groups is 2. The second-order valence-electron chi connectivity index (χ2n) is 11.9. The average molecular weight is 668 g/mol. The van der Waals surface area contributed by atoms with Gasteiger partial charge in [0.15, 0.2) is 0 Å². The molecular weight excluding hydrogens is 621 g/mol. The third-order valence-corrected chi connectivity index (χ3v) is 9.87. The first-order valence-corrected chi connectivity index (χ1v) is 18.4. The van der Waals surface area contributed by atoms with Crippen LogP contribution < -0.4 is 0 Å². The summed E-state index contributed by atoms with van der Waals surface area (Å²) in [6.07, 6.45) is 1.06. The van der Waals surface area contributed by atoms with Crippen molar-refractivity contribution in [2.75, 3.05) is 26.3 Å². The molecule has 0 bridgehead atoms. The summed E-state index contributed by atoms with van der Waals surface area (Å²) < 4.78 is 57.4. The standard InChI is InChI=1S/C32H46NO10PS/c1-4-5-11-28(34)19-26-12-14-30(15-13-26)45(39,40)33(21-24(2)3)22-31(43-44(36,37)38)27(18-25-9-7-6-8-10-25)20-32(35)42-29-16-17-41-23-29/h6-10,12-15,24,27,29,31H,4-5,11,16-23H2,1-3H3,(H2,36,37,38). The lowest BCUT2D eigenvalue weighted by molar-refractivity contribution is -0.151. The number of Topliss-reactive ketones (excluding diaryl/α,β-unsaturated/α-hetero) is 1. The lowest BCUT2D eigenvalue weighted by atomic mass is 9.90. The zero-order valence-electron chi connectivity index (χ0n) is 26.2. The molecule has 2 N–H and O–H groups in total. The van der Waals surface area contributed by atoms with Crippen LogP contribution in [0, 0.1) is 11.8 Å². The highest BCUT2D eigenvalue weighted by molar-refractivity contribution is 7.89. The molecule has 1 saturated heterocycles. The third kappa shape index (κ3) is 12.7. The zero-order chi connectivity index (χ0) is 33.0. The topological polar surface area (TPSA) is 157 Å². The van der Waals surface area contributed by atoms with Gasteiger partial charge in [-0.2, -0.15) is 4.31 Å². The number of hydrogen-bond acceptors (Lipinski definition) is 8. The maximum atomic E-state index is 14.0. The van der Waals surface area contributed by atoms with Crippen molar-refractivity contribution in [3.05, 3.63) is 65.7 Å². The molecule has 1 fully saturated rings. The molecule has 11 nitrogen and oxygen atoms in total. The number of rotatable bonds is 19. The van der Waals surface area contributed by atoms with Crippen molar-refractivity contribution >= 4 is 29.6 Å². The van der Waals surface area contributed by atoms with E-state index in [2.05, 4.69) is 0 Å². The number of sulfonamides is 1. The molecule has 3 unspecified atom stereocenters. The Hall–Kier alpha value is -2.44. The van der Waals surface area contributed by atoms with Crippen molar-refractivity contribution in [1.29, 1.82) is 0 Å². The lowest BCUT2D eigenvalue weighted by Gasteiger charge is -2.33. The predicted octanol–water partition coefficient (Wildman–Crippen LogP) is 4.69. The number of phosphoric ester groups is 1. The van der Waals surface area contributed by atoms with Crippen LogP contribution in [0.1, 0.15) is 64.0 Å². The van der Waals surface area contributed by atoms with Crippen LogP contribution in [-0.2, 0) is 51.0 Å². The smallest absolute Gasteiger partial charge is 0.460 e. The van der Waals surface area contributed by atoms with E-state index in [4.69, 9.17) is 14.0 Å². The second kappa shape index (κ2) is 17.5. The maximum Gasteiger partial charge on any atom is 0.469 e. The van der Waals surface area contributed by atoms with E-state index in [0.717, 1.165) is 22.7 Å². The summed E-state index contributed by atoms with van der Waals surface area (Å²) in [6, 6.07) is 15.1. The highest BCUT2D eigenvalue weighted by Gasteiger charge is 2.37. The molecule has 2 aromatic rings. The van der Waals surface area contributed by atoms with Gasteiger partial charge in [-0.25, -0.2) is 13.0 Å². The van der Waals surface area contributed by atoms with Gasteiger partial charge in [0.05, 0.1) is 30.6 Å². The molecule has 13 heteroatoms. The Morgan fingerprint density at radius 2 is 1.73 bits per heavy atom. The number of benzene rings is 2. The van der Waals surface area contributed by atoms with Gasteiger partial charge in [0, 0.05) is 38.3 Å². The van der Waals surface area contributed by atoms with Crippen molar-refractivity contribution in [3.63, 3.8) is 0 Å². The van der Waals surface area contributed by atoms with E-state index in [1.807, 2.05) is 39.0 Å². The normalized spacial score (nSPS) is 17.0. The predicted molar refractivity (Wildman–Crippen MR) is 169 cm³/mol. The fourth-order valence-electron chi connectivity index (χ4n) is 5.25. The average Bonchev–Trinajstić information content (AvgIpc) is 3.48. The number of phosphoric acid groups is 1. The van der Waals surface area contributed by atoms with Crippen molar-refractivity contribution in [2.24, 2.45) is 11.8 Å². The molecule has 45 heavy (non-hydrogen) atoms. The van der Waals surface area contributed by atoms with E-state index >= 15 is 0 Å². The highest BCUT2D eigenvalue weighted by atomic mass is 32.2. The van der Waals surface area contributed by atoms with Crippen LogP contribution >= 0.6 is 7.82 Å². The lowest BCUT2D eigenvalue weighted by Crippen LogP contribution is -2.44. The molecule has 2 aromatic carbocycles. The summed E-state index contributed by atoms with van der Waals surface area (Å²) in [6.45, 7) is 6.01. The number of esters is 1. The zero-order valence-corrected chi connectivity index (χ0v) is 28.0. The van der Waals surface area contributed by atoms with E-state index in [9.17, 15) is 32.4 Å². The van der Waals surface area contributed by atoms with E-state index in [1.54, 1.807) is 24.3 Å². The SMILES string of the molecule is CCCCC(=O)Cc1ccc(S(=O)(=O)N(CC(C)C)CC(OP(=O)(O)O)C(CC(=O)OC2CCOC2)Cc2ccccc2)cc1. The second-order valence-corrected chi connectivity index (χ2v) is 15.1. The van der Waals surface area contributed by atoms with E-state index in [0.29, 0.717) is 25.0 Å². The monoisotopic (exact) mass is 667 g/mol. The fourth-order valence-corrected chi connectivity index (χ4v) is 7.46. The number of carbonyl (C=O) groups excluding carboxylic acids is 2. The molecule has 1 heterocycles. The van der Waals surface area contributed by atoms with Crippen molar-refractivity contribution < 1.29 is 46.4 Å². The Labute approximate surface area is 266 Å². The van der Waals surface area contributed by atoms with E-state index < -0.39 is 48.5 Å². The first kappa shape index (κ1) is 37.0. The van der Waals surface area contributed by atoms with Crippen LogP contribution in [-0.4, -0.2) is 72.8 Å². The minimum Gasteiger partial charge on any atom is -0.460 e. The van der Waals surface area contributed by atoms with Gasteiger partial charge >= 0.3 is 13.8 Å². The molecule has 0 amide bonds. The van der Waals surface area contributed by atoms with Gasteiger partial charge in [-0.1, -0.05) is 69.7 Å². The van der Waals surface area contributed by atoms with Gasteiger partial charge in [0.25, 0.3) is 0 Å². The first-order chi connectivity index (χ1) is 21.3. The summed E-state index contributed by atoms with van der Waals surface area (Å²) in [5.74, 6) is -1.50. The molecule has 3 rings (SSSR count). The summed E-state index contributed by atoms with van der Waals surface area (Å²) in [5, 5.41) is 0. The minimum absolute atomic E-state index is 0.0249. The van der Waals surface area contributed by atoms with Crippen LogP contribution in [0.5, 0.6) is 0 Å². The Morgan fingerprint density at radius 3 is 2.31 bits per heavy atom. The molecule has 0 aliphatic carbocycles. The molecule has 3 atom stereocenters. The molecular formula is C32H46NO10PS. The molecule has 1 aliphatic rings. The van der Waals surface area contributed by atoms with Gasteiger partial charge in [0.2, 0.25) is 10.0 Å². The van der Waals surface area contributed by atoms with Crippen molar-refractivity contribution in [3.8, 4) is 0 Å². The van der Waals surface area contributed by atoms with Gasteiger partial charge in [-0.05, 0) is 42.0 Å². The summed E-state index contributed by atoms with van der Waals surface area (Å²) >= 11 is 0. The number of ketones is 1.